The van der Waals surface area contributed by atoms with Crippen LogP contribution in [0.5, 0.6) is 5.75 Å². The highest BCUT2D eigenvalue weighted by Gasteiger charge is 2.22. The molecule has 0 aromatic heterocycles. The number of hydrogen-bond donors (Lipinski definition) is 2. The molecule has 0 saturated carbocycles. The van der Waals surface area contributed by atoms with E-state index < -0.39 is 32.5 Å². The van der Waals surface area contributed by atoms with Gasteiger partial charge < -0.3 is 10.1 Å². The van der Waals surface area contributed by atoms with Crippen molar-refractivity contribution < 1.29 is 26.7 Å². The van der Waals surface area contributed by atoms with Crippen LogP contribution in [0.15, 0.2) is 71.6 Å². The molecular weight excluding hydrogens is 402 g/mol. The van der Waals surface area contributed by atoms with Crippen LogP contribution in [0.1, 0.15) is 10.4 Å². The molecule has 3 aromatic rings. The molecule has 0 atom stereocenters. The molecule has 1 amide bonds. The number of methoxy groups -OCH3 is 1. The molecule has 0 fully saturated rings. The third-order valence-electron chi connectivity index (χ3n) is 3.93. The molecule has 9 heteroatoms. The van der Waals surface area contributed by atoms with Crippen molar-refractivity contribution in [3.8, 4) is 5.75 Å². The molecule has 3 aromatic carbocycles. The monoisotopic (exact) mass is 418 g/mol. The molecule has 0 saturated heterocycles. The van der Waals surface area contributed by atoms with E-state index in [4.69, 9.17) is 4.74 Å². The van der Waals surface area contributed by atoms with Crippen LogP contribution in [-0.2, 0) is 10.0 Å². The molecular formula is C20H16F2N2O4S. The van der Waals surface area contributed by atoms with Gasteiger partial charge in [0.2, 0.25) is 0 Å². The first kappa shape index (κ1) is 20.3. The van der Waals surface area contributed by atoms with Crippen molar-refractivity contribution in [3.05, 3.63) is 83.9 Å². The number of ether oxygens (including phenoxy) is 1. The molecule has 150 valence electrons. The maximum atomic E-state index is 13.9. The van der Waals surface area contributed by atoms with E-state index in [-0.39, 0.29) is 11.3 Å². The fourth-order valence-electron chi connectivity index (χ4n) is 2.56. The van der Waals surface area contributed by atoms with Gasteiger partial charge in [0.05, 0.1) is 18.4 Å². The first-order valence-electron chi connectivity index (χ1n) is 8.32. The summed E-state index contributed by atoms with van der Waals surface area (Å²) < 4.78 is 59.3. The molecule has 29 heavy (non-hydrogen) atoms. The van der Waals surface area contributed by atoms with Crippen LogP contribution in [0.2, 0.25) is 0 Å². The number of hydrogen-bond acceptors (Lipinski definition) is 4. The summed E-state index contributed by atoms with van der Waals surface area (Å²) in [6, 6.07) is 14.6. The first-order chi connectivity index (χ1) is 13.8. The van der Waals surface area contributed by atoms with Gasteiger partial charge in [-0.1, -0.05) is 18.2 Å². The van der Waals surface area contributed by atoms with Gasteiger partial charge >= 0.3 is 0 Å². The normalized spacial score (nSPS) is 11.0. The second-order valence-electron chi connectivity index (χ2n) is 5.91. The standard InChI is InChI=1S/C20H16F2N2O4S/c1-28-15-6-4-5-14(12-15)23-20(25)16-7-2-3-8-18(16)24-29(26,27)19-10-9-13(21)11-17(19)22/h2-12,24H,1H3,(H,23,25). The summed E-state index contributed by atoms with van der Waals surface area (Å²) in [6.45, 7) is 0. The lowest BCUT2D eigenvalue weighted by Crippen LogP contribution is -2.19. The van der Waals surface area contributed by atoms with Crippen LogP contribution in [0, 0.1) is 11.6 Å². The highest BCUT2D eigenvalue weighted by Crippen LogP contribution is 2.24. The Labute approximate surface area is 166 Å². The quantitative estimate of drug-likeness (QED) is 0.633. The minimum absolute atomic E-state index is 0.0152. The molecule has 0 unspecified atom stereocenters. The second-order valence-corrected chi connectivity index (χ2v) is 7.56. The van der Waals surface area contributed by atoms with E-state index in [0.717, 1.165) is 12.1 Å². The Morgan fingerprint density at radius 2 is 1.72 bits per heavy atom. The van der Waals surface area contributed by atoms with Crippen molar-refractivity contribution in [2.75, 3.05) is 17.1 Å². The van der Waals surface area contributed by atoms with Gasteiger partial charge in [0.1, 0.15) is 22.3 Å². The largest absolute Gasteiger partial charge is 0.497 e. The van der Waals surface area contributed by atoms with Crippen LogP contribution in [0.3, 0.4) is 0 Å². The van der Waals surface area contributed by atoms with Gasteiger partial charge in [0, 0.05) is 17.8 Å². The van der Waals surface area contributed by atoms with E-state index in [2.05, 4.69) is 10.0 Å². The lowest BCUT2D eigenvalue weighted by Gasteiger charge is -2.13. The van der Waals surface area contributed by atoms with Crippen LogP contribution in [0.25, 0.3) is 0 Å². The number of anilines is 2. The van der Waals surface area contributed by atoms with Gasteiger partial charge in [-0.25, -0.2) is 17.2 Å². The summed E-state index contributed by atoms with van der Waals surface area (Å²) in [7, 11) is -2.91. The third-order valence-corrected chi connectivity index (χ3v) is 5.33. The molecule has 0 aliphatic heterocycles. The summed E-state index contributed by atoms with van der Waals surface area (Å²) in [5, 5.41) is 2.64. The Bertz CT molecular complexity index is 1170. The SMILES string of the molecule is COc1cccc(NC(=O)c2ccccc2NS(=O)(=O)c2ccc(F)cc2F)c1. The average molecular weight is 418 g/mol. The highest BCUT2D eigenvalue weighted by molar-refractivity contribution is 7.92. The molecule has 0 heterocycles. The minimum Gasteiger partial charge on any atom is -0.497 e. The Kier molecular flexibility index (Phi) is 5.79. The van der Waals surface area contributed by atoms with Gasteiger partial charge in [-0.2, -0.15) is 0 Å². The Morgan fingerprint density at radius 3 is 2.45 bits per heavy atom. The zero-order valence-corrected chi connectivity index (χ0v) is 16.0. The van der Waals surface area contributed by atoms with Gasteiger partial charge in [0.25, 0.3) is 15.9 Å². The van der Waals surface area contributed by atoms with Crippen LogP contribution in [0.4, 0.5) is 20.2 Å². The maximum Gasteiger partial charge on any atom is 0.264 e. The molecule has 0 aliphatic rings. The zero-order valence-electron chi connectivity index (χ0n) is 15.1. The summed E-state index contributed by atoms with van der Waals surface area (Å²) >= 11 is 0. The van der Waals surface area contributed by atoms with Crippen molar-refractivity contribution in [2.24, 2.45) is 0 Å². The molecule has 0 spiro atoms. The van der Waals surface area contributed by atoms with Crippen LogP contribution < -0.4 is 14.8 Å². The molecule has 0 radical (unpaired) electrons. The predicted octanol–water partition coefficient (Wildman–Crippen LogP) is 4.03. The Morgan fingerprint density at radius 1 is 0.966 bits per heavy atom. The van der Waals surface area contributed by atoms with Crippen molar-refractivity contribution >= 4 is 27.3 Å². The number of carbonyl (C=O) groups is 1. The van der Waals surface area contributed by atoms with Gasteiger partial charge in [-0.15, -0.1) is 0 Å². The van der Waals surface area contributed by atoms with E-state index in [0.29, 0.717) is 17.5 Å². The summed E-state index contributed by atoms with van der Waals surface area (Å²) in [5.74, 6) is -2.20. The van der Waals surface area contributed by atoms with Gasteiger partial charge in [-0.3, -0.25) is 9.52 Å². The highest BCUT2D eigenvalue weighted by atomic mass is 32.2. The van der Waals surface area contributed by atoms with E-state index in [1.807, 2.05) is 0 Å². The van der Waals surface area contributed by atoms with E-state index in [1.54, 1.807) is 30.3 Å². The van der Waals surface area contributed by atoms with Crippen LogP contribution in [-0.4, -0.2) is 21.4 Å². The fraction of sp³-hybridized carbons (Fsp3) is 0.0500. The number of sulfonamides is 1. The van der Waals surface area contributed by atoms with Gasteiger partial charge in [0.15, 0.2) is 0 Å². The molecule has 0 aliphatic carbocycles. The number of para-hydroxylation sites is 1. The lowest BCUT2D eigenvalue weighted by atomic mass is 10.1. The van der Waals surface area contributed by atoms with Crippen molar-refractivity contribution in [1.82, 2.24) is 0 Å². The topological polar surface area (TPSA) is 84.5 Å². The number of halogens is 2. The summed E-state index contributed by atoms with van der Waals surface area (Å²) in [5.41, 5.74) is 0.398. The lowest BCUT2D eigenvalue weighted by molar-refractivity contribution is 0.102. The predicted molar refractivity (Wildman–Crippen MR) is 105 cm³/mol. The number of amides is 1. The van der Waals surface area contributed by atoms with E-state index in [9.17, 15) is 22.0 Å². The number of benzene rings is 3. The van der Waals surface area contributed by atoms with E-state index in [1.165, 1.54) is 25.3 Å². The Balaban J connectivity index is 1.89. The smallest absolute Gasteiger partial charge is 0.264 e. The first-order valence-corrected chi connectivity index (χ1v) is 9.81. The summed E-state index contributed by atoms with van der Waals surface area (Å²) in [4.78, 5) is 11.9. The van der Waals surface area contributed by atoms with Crippen molar-refractivity contribution in [2.45, 2.75) is 4.90 Å². The Hall–Kier alpha value is -3.46. The molecule has 2 N–H and O–H groups in total. The molecule has 0 bridgehead atoms. The number of nitrogens with one attached hydrogen (secondary N) is 2. The zero-order chi connectivity index (χ0) is 21.0. The van der Waals surface area contributed by atoms with Gasteiger partial charge in [-0.05, 0) is 36.4 Å². The number of rotatable bonds is 6. The molecule has 3 rings (SSSR count). The molecule has 6 nitrogen and oxygen atoms in total. The van der Waals surface area contributed by atoms with E-state index >= 15 is 0 Å². The number of carbonyl (C=O) groups excluding carboxylic acids is 1. The second kappa shape index (κ2) is 8.27. The fourth-order valence-corrected chi connectivity index (χ4v) is 3.70. The summed E-state index contributed by atoms with van der Waals surface area (Å²) in [6.07, 6.45) is 0. The van der Waals surface area contributed by atoms with Crippen molar-refractivity contribution in [1.29, 1.82) is 0 Å². The van der Waals surface area contributed by atoms with Crippen LogP contribution >= 0.6 is 0 Å². The average Bonchev–Trinajstić information content (AvgIpc) is 2.67. The van der Waals surface area contributed by atoms with Crippen molar-refractivity contribution in [3.63, 3.8) is 0 Å². The minimum atomic E-state index is -4.39. The maximum absolute atomic E-state index is 13.9. The third kappa shape index (κ3) is 4.69.